The van der Waals surface area contributed by atoms with Crippen LogP contribution in [0.3, 0.4) is 0 Å². The molecular weight excluding hydrogens is 925 g/mol. The highest BCUT2D eigenvalue weighted by Crippen LogP contribution is 2.26. The number of ether oxygens (including phenoxy) is 2. The van der Waals surface area contributed by atoms with Crippen LogP contribution in [0, 0.1) is 28.6 Å². The molecule has 7 rings (SSSR count). The molecule has 7 amide bonds. The highest BCUT2D eigenvalue weighted by Gasteiger charge is 2.30. The second kappa shape index (κ2) is 27.8. The fourth-order valence-corrected chi connectivity index (χ4v) is 9.79. The first-order chi connectivity index (χ1) is 34.7. The molecule has 5 aliphatic rings. The van der Waals surface area contributed by atoms with Crippen molar-refractivity contribution in [3.63, 3.8) is 0 Å². The molecule has 1 aliphatic carbocycles. The lowest BCUT2D eigenvalue weighted by Crippen LogP contribution is -2.53. The molecule has 4 heterocycles. The van der Waals surface area contributed by atoms with E-state index in [4.69, 9.17) is 36.9 Å². The van der Waals surface area contributed by atoms with Crippen molar-refractivity contribution in [1.29, 1.82) is 10.8 Å². The molecule has 0 radical (unpaired) electrons. The average molecular weight is 1000 g/mol. The van der Waals surface area contributed by atoms with Crippen LogP contribution in [0.25, 0.3) is 0 Å². The number of piperazine rings is 1. The molecule has 21 heteroatoms. The maximum atomic E-state index is 13.0. The van der Waals surface area contributed by atoms with Crippen molar-refractivity contribution < 1.29 is 43.3 Å². The zero-order valence-electron chi connectivity index (χ0n) is 41.5. The van der Waals surface area contributed by atoms with Crippen LogP contribution in [0.5, 0.6) is 0 Å². The van der Waals surface area contributed by atoms with Gasteiger partial charge in [-0.3, -0.25) is 20.4 Å². The van der Waals surface area contributed by atoms with Crippen LogP contribution < -0.4 is 32.7 Å². The van der Waals surface area contributed by atoms with Gasteiger partial charge in [0.1, 0.15) is 23.9 Å². The SMILES string of the molecule is N=C(N)c1ccc(C(=O)NCC2CCN(C(=O)O[C@H]3CCC[C@@H](OC(=O)N4CCC(CNC(=O)c5ccc(C(=N)N)cc5)CC4)CCC3)CC2)cc1.O=C(O)N1CCN(C(=O)NCCC2CCNCC2)CC1. The molecule has 394 valence electrons. The summed E-state index contributed by atoms with van der Waals surface area (Å²) >= 11 is 0. The summed E-state index contributed by atoms with van der Waals surface area (Å²) in [5.74, 6) is 0.830. The second-order valence-electron chi connectivity index (χ2n) is 19.6. The van der Waals surface area contributed by atoms with E-state index in [-0.39, 0.29) is 65.7 Å². The predicted molar refractivity (Wildman–Crippen MR) is 271 cm³/mol. The Morgan fingerprint density at radius 3 is 1.31 bits per heavy atom. The minimum atomic E-state index is -0.907. The molecule has 11 N–H and O–H groups in total. The second-order valence-corrected chi connectivity index (χ2v) is 19.6. The third-order valence-electron chi connectivity index (χ3n) is 14.5. The first kappa shape index (κ1) is 54.7. The number of nitrogens with two attached hydrogens (primary N) is 2. The number of hydrogen-bond acceptors (Lipinski definition) is 11. The van der Waals surface area contributed by atoms with Gasteiger partial charge in [-0.1, -0.05) is 24.3 Å². The van der Waals surface area contributed by atoms with Gasteiger partial charge < -0.3 is 66.9 Å². The van der Waals surface area contributed by atoms with Crippen molar-refractivity contribution in [3.05, 3.63) is 70.8 Å². The lowest BCUT2D eigenvalue weighted by atomic mass is 9.95. The van der Waals surface area contributed by atoms with E-state index in [1.165, 1.54) is 17.7 Å². The molecule has 4 saturated heterocycles. The monoisotopic (exact) mass is 1000 g/mol. The highest BCUT2D eigenvalue weighted by atomic mass is 16.6. The number of nitrogens with one attached hydrogen (secondary N) is 6. The Labute approximate surface area is 422 Å². The molecule has 72 heavy (non-hydrogen) atoms. The Bertz CT molecular complexity index is 2010. The van der Waals surface area contributed by atoms with Gasteiger partial charge in [0.15, 0.2) is 0 Å². The van der Waals surface area contributed by atoms with E-state index in [9.17, 15) is 28.8 Å². The van der Waals surface area contributed by atoms with Gasteiger partial charge in [0.2, 0.25) is 0 Å². The topological polar surface area (TPSA) is 302 Å². The van der Waals surface area contributed by atoms with E-state index < -0.39 is 6.09 Å². The van der Waals surface area contributed by atoms with E-state index in [2.05, 4.69) is 21.3 Å². The number of rotatable bonds is 13. The van der Waals surface area contributed by atoms with Gasteiger partial charge in [-0.05, 0) is 139 Å². The molecule has 0 spiro atoms. The fourth-order valence-electron chi connectivity index (χ4n) is 9.79. The molecule has 0 bridgehead atoms. The van der Waals surface area contributed by atoms with Gasteiger partial charge in [0, 0.05) is 94.2 Å². The zero-order valence-corrected chi connectivity index (χ0v) is 41.5. The lowest BCUT2D eigenvalue weighted by Gasteiger charge is -2.34. The Morgan fingerprint density at radius 2 is 0.917 bits per heavy atom. The summed E-state index contributed by atoms with van der Waals surface area (Å²) in [5.41, 5.74) is 13.1. The highest BCUT2D eigenvalue weighted by molar-refractivity contribution is 5.99. The standard InChI is InChI=1S/C38H52N8O6.C13H24N4O3/c39-33(40)27-7-11-29(12-8-27)35(47)43-23-25-15-19-45(20-16-25)37(49)51-31-3-1-4-32(6-2-5-31)52-38(50)46-21-17-26(18-22-46)24-44-36(48)30-13-9-28(10-14-30)34(41)42;18-12(15-6-3-11-1-4-14-5-2-11)16-7-9-17(10-8-16)13(19)20/h7-14,25-26,31-32H,1-6,15-24H2,(H3,39,40)(H3,41,42)(H,43,47)(H,44,48);11,14H,1-10H2,(H,15,18)(H,19,20)/t31-,32+;. The van der Waals surface area contributed by atoms with Crippen molar-refractivity contribution in [2.24, 2.45) is 29.2 Å². The van der Waals surface area contributed by atoms with Crippen molar-refractivity contribution in [2.75, 3.05) is 85.1 Å². The third-order valence-corrected chi connectivity index (χ3v) is 14.5. The number of carboxylic acid groups (broad SMARTS) is 1. The van der Waals surface area contributed by atoms with Gasteiger partial charge in [0.05, 0.1) is 0 Å². The van der Waals surface area contributed by atoms with Crippen LogP contribution in [0.2, 0.25) is 0 Å². The number of urea groups is 1. The van der Waals surface area contributed by atoms with E-state index >= 15 is 0 Å². The van der Waals surface area contributed by atoms with E-state index in [0.717, 1.165) is 83.7 Å². The van der Waals surface area contributed by atoms with E-state index in [1.54, 1.807) is 63.2 Å². The number of nitrogen functional groups attached to an aromatic ring is 2. The minimum Gasteiger partial charge on any atom is -0.465 e. The van der Waals surface area contributed by atoms with Crippen molar-refractivity contribution in [2.45, 2.75) is 95.7 Å². The summed E-state index contributed by atoms with van der Waals surface area (Å²) < 4.78 is 11.8. The Balaban J connectivity index is 0.000000352. The van der Waals surface area contributed by atoms with Gasteiger partial charge >= 0.3 is 24.3 Å². The van der Waals surface area contributed by atoms with Crippen molar-refractivity contribution in [1.82, 2.24) is 40.9 Å². The van der Waals surface area contributed by atoms with E-state index in [0.29, 0.717) is 100 Å². The van der Waals surface area contributed by atoms with Gasteiger partial charge in [-0.15, -0.1) is 0 Å². The van der Waals surface area contributed by atoms with Gasteiger partial charge in [-0.2, -0.15) is 0 Å². The third kappa shape index (κ3) is 17.3. The molecule has 0 unspecified atom stereocenters. The number of piperidine rings is 3. The summed E-state index contributed by atoms with van der Waals surface area (Å²) in [4.78, 5) is 80.3. The normalized spacial score (nSPS) is 20.3. The zero-order chi connectivity index (χ0) is 51.4. The number of carbonyl (C=O) groups excluding carboxylic acids is 5. The largest absolute Gasteiger partial charge is 0.465 e. The van der Waals surface area contributed by atoms with Crippen LogP contribution in [0.15, 0.2) is 48.5 Å². The lowest BCUT2D eigenvalue weighted by molar-refractivity contribution is 0.0210. The minimum absolute atomic E-state index is 0.0399. The van der Waals surface area contributed by atoms with Crippen LogP contribution in [0.4, 0.5) is 19.2 Å². The first-order valence-electron chi connectivity index (χ1n) is 25.8. The molecule has 2 aromatic rings. The van der Waals surface area contributed by atoms with Crippen molar-refractivity contribution in [3.8, 4) is 0 Å². The number of carbonyl (C=O) groups is 6. The first-order valence-corrected chi connectivity index (χ1v) is 25.8. The quantitative estimate of drug-likeness (QED) is 0.0984. The Morgan fingerprint density at radius 1 is 0.528 bits per heavy atom. The summed E-state index contributed by atoms with van der Waals surface area (Å²) in [5, 5.41) is 36.0. The molecule has 5 fully saturated rings. The number of amides is 7. The number of likely N-dealkylation sites (tertiary alicyclic amines) is 2. The molecule has 0 atom stereocenters. The molecule has 21 nitrogen and oxygen atoms in total. The number of benzene rings is 2. The molecular formula is C51H76N12O9. The van der Waals surface area contributed by atoms with Crippen LogP contribution >= 0.6 is 0 Å². The smallest absolute Gasteiger partial charge is 0.410 e. The maximum absolute atomic E-state index is 13.0. The summed E-state index contributed by atoms with van der Waals surface area (Å²) in [6.07, 6.45) is 9.26. The van der Waals surface area contributed by atoms with Gasteiger partial charge in [-0.25, -0.2) is 19.2 Å². The number of nitrogens with zero attached hydrogens (tertiary/aromatic N) is 4. The molecule has 1 saturated carbocycles. The van der Waals surface area contributed by atoms with Crippen LogP contribution in [-0.4, -0.2) is 170 Å². The predicted octanol–water partition coefficient (Wildman–Crippen LogP) is 4.58. The Kier molecular flexibility index (Phi) is 21.1. The fraction of sp³-hybridized carbons (Fsp3) is 0.608. The van der Waals surface area contributed by atoms with Gasteiger partial charge in [0.25, 0.3) is 11.8 Å². The maximum Gasteiger partial charge on any atom is 0.410 e. The Hall–Kier alpha value is -6.64. The molecule has 0 aromatic heterocycles. The van der Waals surface area contributed by atoms with Crippen LogP contribution in [0.1, 0.15) is 115 Å². The summed E-state index contributed by atoms with van der Waals surface area (Å²) in [7, 11) is 0. The molecule has 2 aromatic carbocycles. The van der Waals surface area contributed by atoms with E-state index in [1.807, 2.05) is 0 Å². The van der Waals surface area contributed by atoms with Crippen molar-refractivity contribution >= 4 is 47.8 Å². The summed E-state index contributed by atoms with van der Waals surface area (Å²) in [6.45, 7) is 8.02. The average Bonchev–Trinajstić information content (AvgIpc) is 3.39. The number of hydrogen-bond donors (Lipinski definition) is 9. The summed E-state index contributed by atoms with van der Waals surface area (Å²) in [6, 6.07) is 13.2. The van der Waals surface area contributed by atoms with Crippen LogP contribution in [-0.2, 0) is 9.47 Å². The molecule has 4 aliphatic heterocycles. The number of amidine groups is 2.